The van der Waals surface area contributed by atoms with E-state index in [1.165, 1.54) is 6.07 Å². The second-order valence-electron chi connectivity index (χ2n) is 3.59. The fourth-order valence-corrected chi connectivity index (χ4v) is 1.43. The van der Waals surface area contributed by atoms with Gasteiger partial charge in [0.25, 0.3) is 0 Å². The van der Waals surface area contributed by atoms with Crippen molar-refractivity contribution >= 4 is 0 Å². The summed E-state index contributed by atoms with van der Waals surface area (Å²) >= 11 is 0. The van der Waals surface area contributed by atoms with Crippen LogP contribution in [0.3, 0.4) is 0 Å². The molecule has 1 aromatic carbocycles. The van der Waals surface area contributed by atoms with Crippen molar-refractivity contribution in [3.8, 4) is 11.3 Å². The lowest BCUT2D eigenvalue weighted by molar-refractivity contribution is 0.420. The fraction of sp³-hybridized carbons (Fsp3) is 0.250. The third-order valence-electron chi connectivity index (χ3n) is 2.32. The summed E-state index contributed by atoms with van der Waals surface area (Å²) in [6.45, 7) is 3.40. The van der Waals surface area contributed by atoms with Gasteiger partial charge in [-0.15, -0.1) is 0 Å². The largest absolute Gasteiger partial charge is 0.356 e. The first-order valence-electron chi connectivity index (χ1n) is 5.32. The third-order valence-corrected chi connectivity index (χ3v) is 2.32. The van der Waals surface area contributed by atoms with Gasteiger partial charge in [0, 0.05) is 18.2 Å². The molecule has 0 aliphatic rings. The van der Waals surface area contributed by atoms with Crippen LogP contribution in [-0.4, -0.2) is 11.7 Å². The van der Waals surface area contributed by atoms with Crippen molar-refractivity contribution in [2.75, 3.05) is 6.54 Å². The standard InChI is InChI=1S/C12H12F2N2O/c1-2-15-7-9-6-12(17-16-9)8-3-4-10(13)11(14)5-8/h3-6,15H,2,7H2,1H3. The minimum atomic E-state index is -0.896. The van der Waals surface area contributed by atoms with Crippen molar-refractivity contribution in [1.29, 1.82) is 0 Å². The summed E-state index contributed by atoms with van der Waals surface area (Å²) < 4.78 is 30.8. The molecule has 0 radical (unpaired) electrons. The lowest BCUT2D eigenvalue weighted by Gasteiger charge is -1.96. The van der Waals surface area contributed by atoms with Crippen molar-refractivity contribution in [3.05, 3.63) is 41.6 Å². The Morgan fingerprint density at radius 3 is 2.76 bits per heavy atom. The molecule has 1 heterocycles. The summed E-state index contributed by atoms with van der Waals surface area (Å²) in [5.41, 5.74) is 1.20. The van der Waals surface area contributed by atoms with Crippen LogP contribution in [-0.2, 0) is 6.54 Å². The minimum Gasteiger partial charge on any atom is -0.356 e. The van der Waals surface area contributed by atoms with Gasteiger partial charge in [-0.05, 0) is 24.7 Å². The van der Waals surface area contributed by atoms with E-state index in [4.69, 9.17) is 4.52 Å². The van der Waals surface area contributed by atoms with Crippen molar-refractivity contribution in [3.63, 3.8) is 0 Å². The van der Waals surface area contributed by atoms with E-state index in [1.807, 2.05) is 6.92 Å². The number of hydrogen-bond donors (Lipinski definition) is 1. The average molecular weight is 238 g/mol. The number of aromatic nitrogens is 1. The maximum atomic E-state index is 13.0. The van der Waals surface area contributed by atoms with Crippen LogP contribution in [0.2, 0.25) is 0 Å². The Morgan fingerprint density at radius 1 is 1.24 bits per heavy atom. The summed E-state index contributed by atoms with van der Waals surface area (Å²) in [7, 11) is 0. The van der Waals surface area contributed by atoms with Crippen LogP contribution in [0.4, 0.5) is 8.78 Å². The molecular weight excluding hydrogens is 226 g/mol. The topological polar surface area (TPSA) is 38.1 Å². The number of benzene rings is 1. The second kappa shape index (κ2) is 5.05. The van der Waals surface area contributed by atoms with E-state index < -0.39 is 11.6 Å². The van der Waals surface area contributed by atoms with Crippen LogP contribution in [0, 0.1) is 11.6 Å². The predicted octanol–water partition coefficient (Wildman–Crippen LogP) is 2.73. The van der Waals surface area contributed by atoms with Crippen molar-refractivity contribution < 1.29 is 13.3 Å². The molecule has 17 heavy (non-hydrogen) atoms. The first kappa shape index (κ1) is 11.7. The molecule has 2 aromatic rings. The molecule has 0 aliphatic heterocycles. The lowest BCUT2D eigenvalue weighted by atomic mass is 10.1. The Balaban J connectivity index is 2.21. The lowest BCUT2D eigenvalue weighted by Crippen LogP contribution is -2.11. The predicted molar refractivity (Wildman–Crippen MR) is 59.2 cm³/mol. The highest BCUT2D eigenvalue weighted by atomic mass is 19.2. The fourth-order valence-electron chi connectivity index (χ4n) is 1.43. The van der Waals surface area contributed by atoms with Gasteiger partial charge in [-0.1, -0.05) is 12.1 Å². The van der Waals surface area contributed by atoms with Gasteiger partial charge in [0.1, 0.15) is 0 Å². The van der Waals surface area contributed by atoms with Gasteiger partial charge in [-0.3, -0.25) is 0 Å². The molecule has 3 nitrogen and oxygen atoms in total. The molecule has 0 bridgehead atoms. The zero-order valence-electron chi connectivity index (χ0n) is 9.34. The van der Waals surface area contributed by atoms with Gasteiger partial charge in [-0.25, -0.2) is 8.78 Å². The maximum Gasteiger partial charge on any atom is 0.167 e. The second-order valence-corrected chi connectivity index (χ2v) is 3.59. The maximum absolute atomic E-state index is 13.0. The number of nitrogens with zero attached hydrogens (tertiary/aromatic N) is 1. The molecule has 1 aromatic heterocycles. The van der Waals surface area contributed by atoms with E-state index in [-0.39, 0.29) is 0 Å². The van der Waals surface area contributed by atoms with E-state index in [9.17, 15) is 8.78 Å². The molecule has 0 unspecified atom stereocenters. The molecule has 0 fully saturated rings. The van der Waals surface area contributed by atoms with E-state index in [0.717, 1.165) is 24.4 Å². The smallest absolute Gasteiger partial charge is 0.167 e. The van der Waals surface area contributed by atoms with E-state index >= 15 is 0 Å². The number of rotatable bonds is 4. The quantitative estimate of drug-likeness (QED) is 0.890. The Bertz CT molecular complexity index is 511. The van der Waals surface area contributed by atoms with Gasteiger partial charge in [-0.2, -0.15) is 0 Å². The Labute approximate surface area is 97.4 Å². The number of hydrogen-bond acceptors (Lipinski definition) is 3. The minimum absolute atomic E-state index is 0.428. The third kappa shape index (κ3) is 2.68. The molecule has 2 rings (SSSR count). The molecule has 1 N–H and O–H groups in total. The van der Waals surface area contributed by atoms with Crippen LogP contribution < -0.4 is 5.32 Å². The highest BCUT2D eigenvalue weighted by Crippen LogP contribution is 2.22. The summed E-state index contributed by atoms with van der Waals surface area (Å²) in [5, 5.41) is 6.92. The van der Waals surface area contributed by atoms with Crippen LogP contribution in [0.25, 0.3) is 11.3 Å². The summed E-state index contributed by atoms with van der Waals surface area (Å²) in [4.78, 5) is 0. The first-order chi connectivity index (χ1) is 8.20. The van der Waals surface area contributed by atoms with E-state index in [2.05, 4.69) is 10.5 Å². The molecule has 0 aliphatic carbocycles. The Kier molecular flexibility index (Phi) is 3.49. The normalized spacial score (nSPS) is 10.8. The number of nitrogens with one attached hydrogen (secondary N) is 1. The average Bonchev–Trinajstić information content (AvgIpc) is 2.79. The zero-order chi connectivity index (χ0) is 12.3. The van der Waals surface area contributed by atoms with Crippen LogP contribution in [0.1, 0.15) is 12.6 Å². The van der Waals surface area contributed by atoms with Crippen LogP contribution in [0.5, 0.6) is 0 Å². The molecule has 0 amide bonds. The van der Waals surface area contributed by atoms with Gasteiger partial charge in [0.2, 0.25) is 0 Å². The van der Waals surface area contributed by atoms with Gasteiger partial charge in [0.15, 0.2) is 17.4 Å². The Morgan fingerprint density at radius 2 is 2.06 bits per heavy atom. The molecule has 5 heteroatoms. The van der Waals surface area contributed by atoms with Crippen LogP contribution >= 0.6 is 0 Å². The molecular formula is C12H12F2N2O. The molecule has 0 atom stereocenters. The van der Waals surface area contributed by atoms with E-state index in [1.54, 1.807) is 6.07 Å². The summed E-state index contributed by atoms with van der Waals surface area (Å²) in [6, 6.07) is 5.31. The van der Waals surface area contributed by atoms with Crippen molar-refractivity contribution in [2.24, 2.45) is 0 Å². The summed E-state index contributed by atoms with van der Waals surface area (Å²) in [6.07, 6.45) is 0. The Hall–Kier alpha value is -1.75. The SMILES string of the molecule is CCNCc1cc(-c2ccc(F)c(F)c2)on1. The summed E-state index contributed by atoms with van der Waals surface area (Å²) in [5.74, 6) is -1.34. The highest BCUT2D eigenvalue weighted by molar-refractivity contribution is 5.57. The zero-order valence-corrected chi connectivity index (χ0v) is 9.34. The molecule has 90 valence electrons. The van der Waals surface area contributed by atoms with Crippen LogP contribution in [0.15, 0.2) is 28.8 Å². The first-order valence-corrected chi connectivity index (χ1v) is 5.32. The van der Waals surface area contributed by atoms with Gasteiger partial charge < -0.3 is 9.84 Å². The molecule has 0 saturated heterocycles. The van der Waals surface area contributed by atoms with Gasteiger partial charge >= 0.3 is 0 Å². The number of halogens is 2. The van der Waals surface area contributed by atoms with E-state index in [0.29, 0.717) is 17.9 Å². The highest BCUT2D eigenvalue weighted by Gasteiger charge is 2.09. The molecule has 0 saturated carbocycles. The van der Waals surface area contributed by atoms with Crippen molar-refractivity contribution in [2.45, 2.75) is 13.5 Å². The molecule has 0 spiro atoms. The monoisotopic (exact) mass is 238 g/mol. The van der Waals surface area contributed by atoms with Gasteiger partial charge in [0.05, 0.1) is 5.69 Å². The van der Waals surface area contributed by atoms with Crippen molar-refractivity contribution in [1.82, 2.24) is 10.5 Å².